The SMILES string of the molecule is CC(C)Oc1ccc(-c2ccc(-c3nc(-c4ccc5nccnc5c4)nn3-c3ccc(C(=O)O)cn3)cc2)cc1. The predicted molar refractivity (Wildman–Crippen MR) is 151 cm³/mol. The lowest BCUT2D eigenvalue weighted by Crippen LogP contribution is -2.05. The van der Waals surface area contributed by atoms with Crippen LogP contribution in [0.1, 0.15) is 24.2 Å². The van der Waals surface area contributed by atoms with Gasteiger partial charge in [0.15, 0.2) is 17.5 Å². The number of ether oxygens (including phenoxy) is 1. The van der Waals surface area contributed by atoms with Gasteiger partial charge in [-0.25, -0.2) is 14.8 Å². The van der Waals surface area contributed by atoms with Gasteiger partial charge in [-0.15, -0.1) is 5.10 Å². The Morgan fingerprint density at radius 1 is 0.775 bits per heavy atom. The molecule has 0 radical (unpaired) electrons. The second kappa shape index (κ2) is 10.4. The molecule has 196 valence electrons. The molecular formula is C31H24N6O3. The maximum atomic E-state index is 11.4. The molecule has 3 aromatic carbocycles. The van der Waals surface area contributed by atoms with Crippen LogP contribution in [-0.2, 0) is 0 Å². The van der Waals surface area contributed by atoms with Crippen LogP contribution in [0.2, 0.25) is 0 Å². The van der Waals surface area contributed by atoms with Crippen molar-refractivity contribution in [3.05, 3.63) is 103 Å². The van der Waals surface area contributed by atoms with E-state index in [1.807, 2.05) is 80.6 Å². The molecule has 6 rings (SSSR count). The fourth-order valence-electron chi connectivity index (χ4n) is 4.33. The van der Waals surface area contributed by atoms with Gasteiger partial charge in [0, 0.05) is 29.7 Å². The van der Waals surface area contributed by atoms with Crippen LogP contribution in [0, 0.1) is 0 Å². The fraction of sp³-hybridized carbons (Fsp3) is 0.0968. The molecule has 0 amide bonds. The number of nitrogens with zero attached hydrogens (tertiary/aromatic N) is 6. The van der Waals surface area contributed by atoms with E-state index in [-0.39, 0.29) is 11.7 Å². The van der Waals surface area contributed by atoms with Crippen LogP contribution < -0.4 is 4.74 Å². The van der Waals surface area contributed by atoms with Gasteiger partial charge in [0.2, 0.25) is 0 Å². The first kappa shape index (κ1) is 24.9. The number of carbonyl (C=O) groups is 1. The van der Waals surface area contributed by atoms with Crippen LogP contribution in [0.25, 0.3) is 50.8 Å². The number of aromatic nitrogens is 6. The number of benzene rings is 3. The monoisotopic (exact) mass is 528 g/mol. The van der Waals surface area contributed by atoms with Gasteiger partial charge in [0.05, 0.1) is 22.7 Å². The first-order valence-corrected chi connectivity index (χ1v) is 12.7. The smallest absolute Gasteiger partial charge is 0.337 e. The molecule has 0 saturated heterocycles. The Kier molecular flexibility index (Phi) is 6.45. The lowest BCUT2D eigenvalue weighted by Gasteiger charge is -2.10. The van der Waals surface area contributed by atoms with E-state index in [2.05, 4.69) is 15.0 Å². The summed E-state index contributed by atoms with van der Waals surface area (Å²) in [6.45, 7) is 4.00. The Hall–Kier alpha value is -5.44. The van der Waals surface area contributed by atoms with E-state index in [1.54, 1.807) is 23.1 Å². The summed E-state index contributed by atoms with van der Waals surface area (Å²) in [6.07, 6.45) is 4.72. The minimum Gasteiger partial charge on any atom is -0.491 e. The zero-order valence-electron chi connectivity index (χ0n) is 21.8. The molecule has 40 heavy (non-hydrogen) atoms. The van der Waals surface area contributed by atoms with Gasteiger partial charge in [-0.05, 0) is 67.4 Å². The Morgan fingerprint density at radius 2 is 1.43 bits per heavy atom. The second-order valence-corrected chi connectivity index (χ2v) is 9.41. The summed E-state index contributed by atoms with van der Waals surface area (Å²) in [6, 6.07) is 24.8. The van der Waals surface area contributed by atoms with Crippen molar-refractivity contribution in [2.24, 2.45) is 0 Å². The average Bonchev–Trinajstić information content (AvgIpc) is 3.43. The maximum absolute atomic E-state index is 11.4. The van der Waals surface area contributed by atoms with Crippen molar-refractivity contribution in [3.63, 3.8) is 0 Å². The summed E-state index contributed by atoms with van der Waals surface area (Å²) in [5.41, 5.74) is 5.30. The Labute approximate surface area is 229 Å². The first-order valence-electron chi connectivity index (χ1n) is 12.7. The van der Waals surface area contributed by atoms with Crippen LogP contribution in [0.15, 0.2) is 97.5 Å². The second-order valence-electron chi connectivity index (χ2n) is 9.41. The third-order valence-electron chi connectivity index (χ3n) is 6.25. The van der Waals surface area contributed by atoms with Crippen molar-refractivity contribution in [2.45, 2.75) is 20.0 Å². The van der Waals surface area contributed by atoms with E-state index in [4.69, 9.17) is 14.8 Å². The first-order chi connectivity index (χ1) is 19.4. The average molecular weight is 529 g/mol. The summed E-state index contributed by atoms with van der Waals surface area (Å²) >= 11 is 0. The number of carboxylic acid groups (broad SMARTS) is 1. The molecule has 0 aliphatic heterocycles. The molecule has 9 heteroatoms. The largest absolute Gasteiger partial charge is 0.491 e. The van der Waals surface area contributed by atoms with Gasteiger partial charge in [-0.2, -0.15) is 4.68 Å². The summed E-state index contributed by atoms with van der Waals surface area (Å²) in [5.74, 6) is 1.28. The van der Waals surface area contributed by atoms with Gasteiger partial charge in [0.1, 0.15) is 5.75 Å². The highest BCUT2D eigenvalue weighted by atomic mass is 16.5. The summed E-state index contributed by atoms with van der Waals surface area (Å²) in [4.78, 5) is 29.3. The molecule has 0 atom stereocenters. The standard InChI is InChI=1S/C31H24N6O3/c1-19(2)40-25-11-7-21(8-12-25)20-3-5-22(6-4-20)30-35-29(23-9-13-26-27(17-23)33-16-15-32-26)36-37(30)28-14-10-24(18-34-28)31(38)39/h3-19H,1-2H3,(H,38,39). The Morgan fingerprint density at radius 3 is 2.08 bits per heavy atom. The number of hydrogen-bond donors (Lipinski definition) is 1. The number of aromatic carboxylic acids is 1. The molecule has 0 aliphatic rings. The van der Waals surface area contributed by atoms with E-state index in [9.17, 15) is 9.90 Å². The van der Waals surface area contributed by atoms with E-state index < -0.39 is 5.97 Å². The molecule has 3 heterocycles. The number of hydrogen-bond acceptors (Lipinski definition) is 7. The molecule has 0 spiro atoms. The number of rotatable bonds is 7. The van der Waals surface area contributed by atoms with Crippen LogP contribution in [0.4, 0.5) is 0 Å². The zero-order valence-corrected chi connectivity index (χ0v) is 21.8. The normalized spacial score (nSPS) is 11.2. The number of fused-ring (bicyclic) bond motifs is 1. The molecule has 0 bridgehead atoms. The summed E-state index contributed by atoms with van der Waals surface area (Å²) < 4.78 is 7.38. The summed E-state index contributed by atoms with van der Waals surface area (Å²) in [5, 5.41) is 14.1. The van der Waals surface area contributed by atoms with Crippen molar-refractivity contribution in [2.75, 3.05) is 0 Å². The van der Waals surface area contributed by atoms with E-state index in [0.717, 1.165) is 39.0 Å². The Balaban J connectivity index is 1.39. The van der Waals surface area contributed by atoms with E-state index in [1.165, 1.54) is 12.3 Å². The van der Waals surface area contributed by atoms with Gasteiger partial charge in [-0.3, -0.25) is 9.97 Å². The van der Waals surface area contributed by atoms with Crippen LogP contribution in [-0.4, -0.2) is 46.9 Å². The van der Waals surface area contributed by atoms with Gasteiger partial charge in [0.25, 0.3) is 0 Å². The molecule has 0 aliphatic carbocycles. The molecular weight excluding hydrogens is 504 g/mol. The van der Waals surface area contributed by atoms with Crippen LogP contribution >= 0.6 is 0 Å². The van der Waals surface area contributed by atoms with Gasteiger partial charge < -0.3 is 9.84 Å². The maximum Gasteiger partial charge on any atom is 0.337 e. The molecule has 6 aromatic rings. The van der Waals surface area contributed by atoms with Crippen molar-refractivity contribution in [3.8, 4) is 45.5 Å². The highest BCUT2D eigenvalue weighted by Crippen LogP contribution is 2.29. The van der Waals surface area contributed by atoms with Crippen molar-refractivity contribution >= 4 is 17.0 Å². The van der Waals surface area contributed by atoms with Crippen molar-refractivity contribution < 1.29 is 14.6 Å². The predicted octanol–water partition coefficient (Wildman–Crippen LogP) is 6.09. The third-order valence-corrected chi connectivity index (χ3v) is 6.25. The minimum absolute atomic E-state index is 0.0907. The van der Waals surface area contributed by atoms with E-state index >= 15 is 0 Å². The van der Waals surface area contributed by atoms with Crippen molar-refractivity contribution in [1.82, 2.24) is 29.7 Å². The topological polar surface area (TPSA) is 116 Å². The number of pyridine rings is 1. The third kappa shape index (κ3) is 5.00. The molecule has 3 aromatic heterocycles. The zero-order chi connectivity index (χ0) is 27.6. The molecule has 0 unspecified atom stereocenters. The van der Waals surface area contributed by atoms with Crippen molar-refractivity contribution in [1.29, 1.82) is 0 Å². The molecule has 1 N–H and O–H groups in total. The molecule has 0 fully saturated rings. The van der Waals surface area contributed by atoms with E-state index in [0.29, 0.717) is 17.5 Å². The Bertz CT molecular complexity index is 1810. The van der Waals surface area contributed by atoms with Gasteiger partial charge >= 0.3 is 5.97 Å². The van der Waals surface area contributed by atoms with Gasteiger partial charge in [-0.1, -0.05) is 36.4 Å². The highest BCUT2D eigenvalue weighted by molar-refractivity contribution is 5.87. The fourth-order valence-corrected chi connectivity index (χ4v) is 4.33. The molecule has 9 nitrogen and oxygen atoms in total. The lowest BCUT2D eigenvalue weighted by atomic mass is 10.0. The highest BCUT2D eigenvalue weighted by Gasteiger charge is 2.17. The number of carboxylic acids is 1. The lowest BCUT2D eigenvalue weighted by molar-refractivity contribution is 0.0696. The molecule has 0 saturated carbocycles. The minimum atomic E-state index is -1.05. The quantitative estimate of drug-likeness (QED) is 0.265. The summed E-state index contributed by atoms with van der Waals surface area (Å²) in [7, 11) is 0. The van der Waals surface area contributed by atoms with Crippen LogP contribution in [0.5, 0.6) is 5.75 Å². The van der Waals surface area contributed by atoms with Crippen LogP contribution in [0.3, 0.4) is 0 Å².